The van der Waals surface area contributed by atoms with Crippen molar-refractivity contribution in [3.05, 3.63) is 57.7 Å². The highest BCUT2D eigenvalue weighted by molar-refractivity contribution is 7.19. The van der Waals surface area contributed by atoms with Gasteiger partial charge in [-0.15, -0.1) is 22.7 Å². The Labute approximate surface area is 160 Å². The Kier molecular flexibility index (Phi) is 5.43. The van der Waals surface area contributed by atoms with Crippen LogP contribution < -0.4 is 0 Å². The van der Waals surface area contributed by atoms with Crippen molar-refractivity contribution in [3.8, 4) is 0 Å². The number of hydrogen-bond acceptors (Lipinski definition) is 5. The zero-order valence-corrected chi connectivity index (χ0v) is 16.0. The standard InChI is InChI=1S/C20H20N2O2S2/c23-20(10-9-19-21-17-7-1-2-8-18(17)26-19)22(13-15-5-3-11-24-15)14-16-6-4-12-25-16/h1-2,4,6-10,12,15H,3,5,11,13-14H2/b10-9+. The molecule has 1 unspecified atom stereocenters. The fourth-order valence-corrected chi connectivity index (χ4v) is 4.66. The molecule has 1 amide bonds. The van der Waals surface area contributed by atoms with Crippen LogP contribution in [0.15, 0.2) is 47.9 Å². The Bertz CT molecular complexity index is 863. The molecule has 26 heavy (non-hydrogen) atoms. The van der Waals surface area contributed by atoms with Crippen LogP contribution in [0.4, 0.5) is 0 Å². The lowest BCUT2D eigenvalue weighted by Gasteiger charge is -2.23. The third-order valence-electron chi connectivity index (χ3n) is 4.37. The van der Waals surface area contributed by atoms with E-state index in [9.17, 15) is 4.79 Å². The van der Waals surface area contributed by atoms with E-state index >= 15 is 0 Å². The van der Waals surface area contributed by atoms with Crippen molar-refractivity contribution in [1.29, 1.82) is 0 Å². The van der Waals surface area contributed by atoms with Gasteiger partial charge in [0.05, 0.1) is 22.9 Å². The predicted molar refractivity (Wildman–Crippen MR) is 107 cm³/mol. The molecule has 6 heteroatoms. The number of aromatic nitrogens is 1. The number of thiazole rings is 1. The molecule has 4 rings (SSSR count). The average molecular weight is 385 g/mol. The van der Waals surface area contributed by atoms with Crippen molar-refractivity contribution in [3.63, 3.8) is 0 Å². The van der Waals surface area contributed by atoms with Gasteiger partial charge in [0.1, 0.15) is 5.01 Å². The molecule has 1 saturated heterocycles. The van der Waals surface area contributed by atoms with Crippen molar-refractivity contribution in [2.24, 2.45) is 0 Å². The first-order valence-electron chi connectivity index (χ1n) is 8.74. The molecule has 1 fully saturated rings. The monoisotopic (exact) mass is 384 g/mol. The fourth-order valence-electron chi connectivity index (χ4n) is 3.07. The summed E-state index contributed by atoms with van der Waals surface area (Å²) < 4.78 is 6.86. The lowest BCUT2D eigenvalue weighted by Crippen LogP contribution is -2.35. The molecular weight excluding hydrogens is 364 g/mol. The van der Waals surface area contributed by atoms with Gasteiger partial charge in [-0.2, -0.15) is 0 Å². The number of carbonyl (C=O) groups excluding carboxylic acids is 1. The van der Waals surface area contributed by atoms with E-state index in [-0.39, 0.29) is 12.0 Å². The Hall–Kier alpha value is -2.02. The predicted octanol–water partition coefficient (Wildman–Crippen LogP) is 4.58. The molecule has 3 heterocycles. The number of rotatable bonds is 6. The van der Waals surface area contributed by atoms with Crippen LogP contribution in [0.25, 0.3) is 16.3 Å². The largest absolute Gasteiger partial charge is 0.376 e. The van der Waals surface area contributed by atoms with Gasteiger partial charge in [0.25, 0.3) is 0 Å². The first kappa shape index (κ1) is 17.4. The number of thiophene rings is 1. The summed E-state index contributed by atoms with van der Waals surface area (Å²) in [6.45, 7) is 2.06. The fraction of sp³-hybridized carbons (Fsp3) is 0.300. The Balaban J connectivity index is 1.48. The van der Waals surface area contributed by atoms with E-state index in [4.69, 9.17) is 4.74 Å². The van der Waals surface area contributed by atoms with Crippen molar-refractivity contribution >= 4 is 44.9 Å². The normalized spacial score (nSPS) is 17.3. The van der Waals surface area contributed by atoms with Gasteiger partial charge in [-0.1, -0.05) is 18.2 Å². The number of ether oxygens (including phenoxy) is 1. The molecule has 0 saturated carbocycles. The summed E-state index contributed by atoms with van der Waals surface area (Å²) >= 11 is 3.27. The maximum absolute atomic E-state index is 12.8. The van der Waals surface area contributed by atoms with Crippen molar-refractivity contribution in [1.82, 2.24) is 9.88 Å². The van der Waals surface area contributed by atoms with Gasteiger partial charge in [-0.3, -0.25) is 4.79 Å². The van der Waals surface area contributed by atoms with Gasteiger partial charge in [-0.05, 0) is 42.5 Å². The number of carbonyl (C=O) groups is 1. The second-order valence-electron chi connectivity index (χ2n) is 6.29. The summed E-state index contributed by atoms with van der Waals surface area (Å²) in [5, 5.41) is 2.90. The molecule has 3 aromatic rings. The van der Waals surface area contributed by atoms with Crippen LogP contribution in [-0.2, 0) is 16.1 Å². The molecule has 1 aliphatic rings. The molecule has 2 aromatic heterocycles. The highest BCUT2D eigenvalue weighted by atomic mass is 32.1. The first-order valence-corrected chi connectivity index (χ1v) is 10.4. The van der Waals surface area contributed by atoms with Crippen LogP contribution in [0.5, 0.6) is 0 Å². The smallest absolute Gasteiger partial charge is 0.247 e. The van der Waals surface area contributed by atoms with E-state index in [2.05, 4.69) is 11.1 Å². The third kappa shape index (κ3) is 4.20. The zero-order chi connectivity index (χ0) is 17.8. The Morgan fingerprint density at radius 3 is 3.00 bits per heavy atom. The number of benzene rings is 1. The van der Waals surface area contributed by atoms with Crippen molar-refractivity contribution in [2.75, 3.05) is 13.2 Å². The number of nitrogens with zero attached hydrogens (tertiary/aromatic N) is 2. The van der Waals surface area contributed by atoms with E-state index < -0.39 is 0 Å². The Morgan fingerprint density at radius 2 is 2.23 bits per heavy atom. The minimum absolute atomic E-state index is 0.00755. The highest BCUT2D eigenvalue weighted by Gasteiger charge is 2.22. The number of para-hydroxylation sites is 1. The summed E-state index contributed by atoms with van der Waals surface area (Å²) in [6.07, 6.45) is 5.71. The van der Waals surface area contributed by atoms with Gasteiger partial charge in [-0.25, -0.2) is 4.98 Å². The third-order valence-corrected chi connectivity index (χ3v) is 6.23. The van der Waals surface area contributed by atoms with Crippen LogP contribution in [0.3, 0.4) is 0 Å². The molecule has 0 N–H and O–H groups in total. The molecule has 1 aromatic carbocycles. The minimum Gasteiger partial charge on any atom is -0.376 e. The second kappa shape index (κ2) is 8.12. The summed E-state index contributed by atoms with van der Waals surface area (Å²) in [5.74, 6) is 0.00755. The van der Waals surface area contributed by atoms with Crippen LogP contribution in [0.1, 0.15) is 22.7 Å². The van der Waals surface area contributed by atoms with Crippen LogP contribution in [0, 0.1) is 0 Å². The molecule has 1 atom stereocenters. The summed E-state index contributed by atoms with van der Waals surface area (Å²) in [4.78, 5) is 20.4. The van der Waals surface area contributed by atoms with Gasteiger partial charge in [0, 0.05) is 24.1 Å². The van der Waals surface area contributed by atoms with E-state index in [0.29, 0.717) is 13.1 Å². The molecule has 134 valence electrons. The molecule has 4 nitrogen and oxygen atoms in total. The number of fused-ring (bicyclic) bond motifs is 1. The second-order valence-corrected chi connectivity index (χ2v) is 8.38. The summed E-state index contributed by atoms with van der Waals surface area (Å²) in [6, 6.07) is 12.1. The van der Waals surface area contributed by atoms with Crippen molar-refractivity contribution < 1.29 is 9.53 Å². The Morgan fingerprint density at radius 1 is 1.31 bits per heavy atom. The van der Waals surface area contributed by atoms with Gasteiger partial charge in [0.15, 0.2) is 0 Å². The highest BCUT2D eigenvalue weighted by Crippen LogP contribution is 2.23. The minimum atomic E-state index is 0.00755. The maximum atomic E-state index is 12.8. The van der Waals surface area contributed by atoms with E-state index in [1.165, 1.54) is 4.88 Å². The van der Waals surface area contributed by atoms with E-state index in [1.54, 1.807) is 28.7 Å². The van der Waals surface area contributed by atoms with Crippen molar-refractivity contribution in [2.45, 2.75) is 25.5 Å². The molecule has 0 spiro atoms. The topological polar surface area (TPSA) is 42.4 Å². The molecular formula is C20H20N2O2S2. The SMILES string of the molecule is O=C(/C=C/c1nc2ccccc2s1)N(Cc1cccs1)CC1CCCO1. The van der Waals surface area contributed by atoms with E-state index in [0.717, 1.165) is 34.7 Å². The molecule has 1 aliphatic heterocycles. The van der Waals surface area contributed by atoms with Crippen LogP contribution in [0.2, 0.25) is 0 Å². The lowest BCUT2D eigenvalue weighted by molar-refractivity contribution is -0.128. The average Bonchev–Trinajstić information content (AvgIpc) is 3.40. The summed E-state index contributed by atoms with van der Waals surface area (Å²) in [5.41, 5.74) is 0.972. The maximum Gasteiger partial charge on any atom is 0.247 e. The zero-order valence-electron chi connectivity index (χ0n) is 14.3. The van der Waals surface area contributed by atoms with E-state index in [1.807, 2.05) is 46.7 Å². The summed E-state index contributed by atoms with van der Waals surface area (Å²) in [7, 11) is 0. The van der Waals surface area contributed by atoms with Gasteiger partial charge in [0.2, 0.25) is 5.91 Å². The van der Waals surface area contributed by atoms with Crippen LogP contribution in [-0.4, -0.2) is 35.0 Å². The van der Waals surface area contributed by atoms with Gasteiger partial charge < -0.3 is 9.64 Å². The number of hydrogen-bond donors (Lipinski definition) is 0. The first-order chi connectivity index (χ1) is 12.8. The van der Waals surface area contributed by atoms with Gasteiger partial charge >= 0.3 is 0 Å². The number of amides is 1. The molecule has 0 radical (unpaired) electrons. The molecule has 0 aliphatic carbocycles. The molecule has 0 bridgehead atoms. The van der Waals surface area contributed by atoms with Crippen LogP contribution >= 0.6 is 22.7 Å². The lowest BCUT2D eigenvalue weighted by atomic mass is 10.2. The quantitative estimate of drug-likeness (QED) is 0.584.